The molecule has 2 aromatic carbocycles. The molecule has 13 heteroatoms. The van der Waals surface area contributed by atoms with Crippen molar-refractivity contribution in [3.05, 3.63) is 77.7 Å². The Balaban J connectivity index is 1.14. The largest absolute Gasteiger partial charge is 0.490 e. The average Bonchev–Trinajstić information content (AvgIpc) is 3.82. The molecule has 1 aliphatic rings. The van der Waals surface area contributed by atoms with E-state index >= 15 is 0 Å². The molecule has 1 aliphatic heterocycles. The van der Waals surface area contributed by atoms with Gasteiger partial charge >= 0.3 is 12.1 Å². The number of ether oxygens (including phenoxy) is 4. The van der Waals surface area contributed by atoms with E-state index in [0.717, 1.165) is 32.7 Å². The standard InChI is InChI=1S/C35H38FN5O6S/c1-22(23-7-6-8-27(15-23)46-26-11-13-40(14-12-26)34(43)47-35(2,3)20-36)45-30-17-31(48-32(30)33(42)44-5)41-21-37-28-16-24(9-10-29(28)41)25-18-38-39(4)19-25/h6-10,15-19,21-22,26H,11-14,20H2,1-5H3. The number of aromatic nitrogens is 4. The molecule has 0 radical (unpaired) electrons. The number of benzene rings is 2. The summed E-state index contributed by atoms with van der Waals surface area (Å²) in [6, 6.07) is 15.5. The number of hydrogen-bond acceptors (Lipinski definition) is 9. The molecule has 6 rings (SSSR count). The van der Waals surface area contributed by atoms with Crippen LogP contribution in [0.25, 0.3) is 27.2 Å². The van der Waals surface area contributed by atoms with E-state index in [-0.39, 0.29) is 6.10 Å². The van der Waals surface area contributed by atoms with E-state index < -0.39 is 30.4 Å². The maximum absolute atomic E-state index is 13.1. The van der Waals surface area contributed by atoms with Crippen LogP contribution < -0.4 is 9.47 Å². The summed E-state index contributed by atoms with van der Waals surface area (Å²) in [6.45, 7) is 5.18. The smallest absolute Gasteiger partial charge is 0.410 e. The van der Waals surface area contributed by atoms with Gasteiger partial charge in [0.1, 0.15) is 47.3 Å². The topological polar surface area (TPSA) is 110 Å². The van der Waals surface area contributed by atoms with Crippen molar-refractivity contribution in [2.24, 2.45) is 7.05 Å². The summed E-state index contributed by atoms with van der Waals surface area (Å²) in [5, 5.41) is 5.02. The van der Waals surface area contributed by atoms with Gasteiger partial charge in [-0.1, -0.05) is 18.2 Å². The summed E-state index contributed by atoms with van der Waals surface area (Å²) >= 11 is 1.27. The summed E-state index contributed by atoms with van der Waals surface area (Å²) in [5.74, 6) is 0.597. The Morgan fingerprint density at radius 3 is 2.60 bits per heavy atom. The van der Waals surface area contributed by atoms with Gasteiger partial charge in [-0.2, -0.15) is 5.10 Å². The number of likely N-dealkylation sites (tertiary alicyclic amines) is 1. The summed E-state index contributed by atoms with van der Waals surface area (Å²) < 4.78 is 39.8. The fourth-order valence-corrected chi connectivity index (χ4v) is 6.51. The number of alkyl halides is 1. The molecular weight excluding hydrogens is 637 g/mol. The number of carbonyl (C=O) groups excluding carboxylic acids is 2. The Kier molecular flexibility index (Phi) is 9.40. The number of rotatable bonds is 10. The molecule has 1 saturated heterocycles. The second-order valence-electron chi connectivity index (χ2n) is 12.4. The number of imidazole rings is 1. The molecule has 0 saturated carbocycles. The highest BCUT2D eigenvalue weighted by atomic mass is 32.1. The van der Waals surface area contributed by atoms with Crippen LogP contribution in [0, 0.1) is 0 Å². The lowest BCUT2D eigenvalue weighted by Gasteiger charge is -2.33. The minimum Gasteiger partial charge on any atom is -0.490 e. The second-order valence-corrected chi connectivity index (χ2v) is 13.4. The van der Waals surface area contributed by atoms with Gasteiger partial charge in [0.2, 0.25) is 0 Å². The minimum atomic E-state index is -1.15. The lowest BCUT2D eigenvalue weighted by atomic mass is 10.1. The van der Waals surface area contributed by atoms with E-state index in [1.54, 1.807) is 29.8 Å². The van der Waals surface area contributed by atoms with Gasteiger partial charge in [-0.25, -0.2) is 19.0 Å². The molecule has 5 aromatic rings. The van der Waals surface area contributed by atoms with Gasteiger partial charge in [-0.3, -0.25) is 9.25 Å². The van der Waals surface area contributed by atoms with Crippen molar-refractivity contribution >= 4 is 34.4 Å². The fraction of sp³-hybridized carbons (Fsp3) is 0.371. The van der Waals surface area contributed by atoms with E-state index in [0.29, 0.717) is 42.3 Å². The van der Waals surface area contributed by atoms with Crippen LogP contribution in [0.5, 0.6) is 11.5 Å². The highest BCUT2D eigenvalue weighted by Crippen LogP contribution is 2.37. The Morgan fingerprint density at radius 2 is 1.90 bits per heavy atom. The van der Waals surface area contributed by atoms with Crippen molar-refractivity contribution in [3.63, 3.8) is 0 Å². The zero-order chi connectivity index (χ0) is 34.0. The number of halogens is 1. The van der Waals surface area contributed by atoms with E-state index in [2.05, 4.69) is 10.1 Å². The number of esters is 1. The van der Waals surface area contributed by atoms with E-state index in [9.17, 15) is 14.0 Å². The third-order valence-electron chi connectivity index (χ3n) is 8.20. The highest BCUT2D eigenvalue weighted by Gasteiger charge is 2.30. The molecule has 0 aliphatic carbocycles. The molecule has 1 unspecified atom stereocenters. The molecule has 11 nitrogen and oxygen atoms in total. The summed E-state index contributed by atoms with van der Waals surface area (Å²) in [7, 11) is 3.23. The quantitative estimate of drug-likeness (QED) is 0.144. The lowest BCUT2D eigenvalue weighted by molar-refractivity contribution is -0.00922. The van der Waals surface area contributed by atoms with Crippen molar-refractivity contribution in [1.82, 2.24) is 24.2 Å². The van der Waals surface area contributed by atoms with Gasteiger partial charge < -0.3 is 23.8 Å². The Labute approximate surface area is 281 Å². The fourth-order valence-electron chi connectivity index (χ4n) is 5.52. The van der Waals surface area contributed by atoms with Crippen LogP contribution in [0.4, 0.5) is 9.18 Å². The number of fused-ring (bicyclic) bond motifs is 1. The van der Waals surface area contributed by atoms with Crippen molar-refractivity contribution in [2.75, 3.05) is 26.9 Å². The minimum absolute atomic E-state index is 0.0921. The first-order valence-electron chi connectivity index (χ1n) is 15.7. The normalized spacial score (nSPS) is 14.6. The van der Waals surface area contributed by atoms with Crippen LogP contribution >= 0.6 is 11.3 Å². The van der Waals surface area contributed by atoms with Crippen LogP contribution in [-0.2, 0) is 16.5 Å². The number of hydrogen-bond donors (Lipinski definition) is 0. The molecule has 252 valence electrons. The molecule has 1 atom stereocenters. The summed E-state index contributed by atoms with van der Waals surface area (Å²) in [5.41, 5.74) is 3.42. The molecule has 1 amide bonds. The van der Waals surface area contributed by atoms with Crippen LogP contribution in [0.15, 0.2) is 67.3 Å². The average molecular weight is 676 g/mol. The summed E-state index contributed by atoms with van der Waals surface area (Å²) in [4.78, 5) is 31.8. The number of methoxy groups -OCH3 is 1. The van der Waals surface area contributed by atoms with Gasteiger partial charge in [0.15, 0.2) is 4.88 Å². The summed E-state index contributed by atoms with van der Waals surface area (Å²) in [6.07, 6.45) is 5.72. The maximum Gasteiger partial charge on any atom is 0.410 e. The number of amides is 1. The van der Waals surface area contributed by atoms with Crippen LogP contribution in [0.1, 0.15) is 55.0 Å². The van der Waals surface area contributed by atoms with E-state index in [4.69, 9.17) is 18.9 Å². The van der Waals surface area contributed by atoms with Gasteiger partial charge in [0.25, 0.3) is 0 Å². The first-order valence-corrected chi connectivity index (χ1v) is 16.5. The number of carbonyl (C=O) groups is 2. The van der Waals surface area contributed by atoms with E-state index in [1.165, 1.54) is 18.4 Å². The van der Waals surface area contributed by atoms with Crippen LogP contribution in [0.3, 0.4) is 0 Å². The molecule has 1 fully saturated rings. The number of thiophene rings is 1. The first kappa shape index (κ1) is 33.0. The Hall–Kier alpha value is -4.91. The van der Waals surface area contributed by atoms with E-state index in [1.807, 2.05) is 79.5 Å². The van der Waals surface area contributed by atoms with Crippen molar-refractivity contribution in [3.8, 4) is 27.6 Å². The molecule has 3 aromatic heterocycles. The molecule has 0 bridgehead atoms. The maximum atomic E-state index is 13.1. The van der Waals surface area contributed by atoms with Crippen molar-refractivity contribution < 1.29 is 32.9 Å². The molecule has 0 N–H and O–H groups in total. The zero-order valence-corrected chi connectivity index (χ0v) is 28.3. The molecule has 0 spiro atoms. The highest BCUT2D eigenvalue weighted by molar-refractivity contribution is 7.16. The molecular formula is C35H38FN5O6S. The molecule has 48 heavy (non-hydrogen) atoms. The first-order chi connectivity index (χ1) is 23.0. The molecule has 4 heterocycles. The Morgan fingerprint density at radius 1 is 1.10 bits per heavy atom. The van der Waals surface area contributed by atoms with Gasteiger partial charge in [-0.15, -0.1) is 11.3 Å². The van der Waals surface area contributed by atoms with Crippen molar-refractivity contribution in [1.29, 1.82) is 0 Å². The number of aryl methyl sites for hydroxylation is 1. The van der Waals surface area contributed by atoms with Crippen LogP contribution in [0.2, 0.25) is 0 Å². The number of piperidine rings is 1. The van der Waals surface area contributed by atoms with Gasteiger partial charge in [0.05, 0.1) is 24.3 Å². The van der Waals surface area contributed by atoms with Crippen molar-refractivity contribution in [2.45, 2.75) is 51.4 Å². The predicted molar refractivity (Wildman–Crippen MR) is 180 cm³/mol. The monoisotopic (exact) mass is 675 g/mol. The lowest BCUT2D eigenvalue weighted by Crippen LogP contribution is -2.45. The predicted octanol–water partition coefficient (Wildman–Crippen LogP) is 7.14. The van der Waals surface area contributed by atoms with Gasteiger partial charge in [0, 0.05) is 50.8 Å². The second kappa shape index (κ2) is 13.7. The third kappa shape index (κ3) is 7.15. The zero-order valence-electron chi connectivity index (χ0n) is 27.5. The third-order valence-corrected chi connectivity index (χ3v) is 9.29. The number of nitrogens with zero attached hydrogens (tertiary/aromatic N) is 5. The SMILES string of the molecule is COC(=O)c1sc(-n2cnc3cc(-c4cnn(C)c4)ccc32)cc1OC(C)c1cccc(OC2CCN(C(=O)OC(C)(C)CF)CC2)c1. The Bertz CT molecular complexity index is 1930. The van der Waals surface area contributed by atoms with Crippen LogP contribution in [-0.4, -0.2) is 74.9 Å². The van der Waals surface area contributed by atoms with Gasteiger partial charge in [-0.05, 0) is 56.2 Å².